The van der Waals surface area contributed by atoms with Crippen LogP contribution in [0.2, 0.25) is 0 Å². The van der Waals surface area contributed by atoms with Crippen LogP contribution in [0.3, 0.4) is 0 Å². The van der Waals surface area contributed by atoms with Crippen LogP contribution in [0, 0.1) is 0 Å². The van der Waals surface area contributed by atoms with Gasteiger partial charge in [-0.25, -0.2) is 9.13 Å². The number of aliphatic hydroxyl groups excluding tert-OH is 1. The molecule has 0 aliphatic rings. The largest absolute Gasteiger partial charge is 0.472 e. The third-order valence-electron chi connectivity index (χ3n) is 15.6. The molecule has 0 spiro atoms. The number of unbranched alkanes of at least 4 members (excludes halogenated alkanes) is 23. The van der Waals surface area contributed by atoms with Crippen molar-refractivity contribution in [2.24, 2.45) is 0 Å². The van der Waals surface area contributed by atoms with Crippen molar-refractivity contribution in [3.05, 3.63) is 134 Å². The SMILES string of the molecule is CC/C=C\C/C=C\C/C=C\C/C=C\C/C=C\C/C=C\CCC(=O)OCC(COP(=O)(O)OCC(O)COP(=O)(O)OCC(COC(=O)CCCCCCC/C=C\CCCCCC)OC(=O)CCCCCCC/C=C\CCCCCC)OC(=O)CCCCCCC/C=C\C/C=C\C/C=C\CC. The number of carbonyl (C=O) groups is 4. The smallest absolute Gasteiger partial charge is 0.462 e. The summed E-state index contributed by atoms with van der Waals surface area (Å²) in [6.07, 6.45) is 80.3. The summed E-state index contributed by atoms with van der Waals surface area (Å²) in [5.41, 5.74) is 0. The van der Waals surface area contributed by atoms with Gasteiger partial charge in [0.1, 0.15) is 19.3 Å². The van der Waals surface area contributed by atoms with Crippen molar-refractivity contribution in [1.29, 1.82) is 0 Å². The van der Waals surface area contributed by atoms with E-state index in [1.54, 1.807) is 0 Å². The summed E-state index contributed by atoms with van der Waals surface area (Å²) in [5.74, 6) is -2.31. The molecule has 0 saturated heterocycles. The average molecular weight is 1440 g/mol. The van der Waals surface area contributed by atoms with Crippen molar-refractivity contribution in [2.75, 3.05) is 39.6 Å². The second kappa shape index (κ2) is 72.5. The number of carbonyl (C=O) groups excluding carboxylic acids is 4. The Hall–Kier alpha value is -4.80. The third kappa shape index (κ3) is 71.6. The van der Waals surface area contributed by atoms with Gasteiger partial charge in [0, 0.05) is 25.7 Å². The lowest BCUT2D eigenvalue weighted by Crippen LogP contribution is -2.30. The Bertz CT molecular complexity index is 2420. The van der Waals surface area contributed by atoms with Crippen LogP contribution in [0.4, 0.5) is 0 Å². The number of hydrogen-bond donors (Lipinski definition) is 3. The van der Waals surface area contributed by atoms with Crippen LogP contribution < -0.4 is 0 Å². The zero-order chi connectivity index (χ0) is 73.2. The summed E-state index contributed by atoms with van der Waals surface area (Å²) in [6.45, 7) is 4.49. The predicted molar refractivity (Wildman–Crippen MR) is 408 cm³/mol. The molecule has 0 amide bonds. The predicted octanol–water partition coefficient (Wildman–Crippen LogP) is 22.1. The first-order valence-electron chi connectivity index (χ1n) is 38.4. The number of phosphoric ester groups is 2. The maximum Gasteiger partial charge on any atom is 0.472 e. The molecule has 0 saturated carbocycles. The third-order valence-corrected chi connectivity index (χ3v) is 17.5. The second-order valence-corrected chi connectivity index (χ2v) is 28.1. The van der Waals surface area contributed by atoms with E-state index in [-0.39, 0.29) is 25.7 Å². The molecule has 0 aliphatic heterocycles. The fraction of sp³-hybridized carbons (Fsp3) is 0.679. The number of aliphatic hydroxyl groups is 1. The van der Waals surface area contributed by atoms with Crippen LogP contribution in [0.1, 0.15) is 297 Å². The molecule has 3 N–H and O–H groups in total. The second-order valence-electron chi connectivity index (χ2n) is 25.2. The van der Waals surface area contributed by atoms with Gasteiger partial charge >= 0.3 is 39.5 Å². The van der Waals surface area contributed by atoms with E-state index in [9.17, 15) is 43.2 Å². The summed E-state index contributed by atoms with van der Waals surface area (Å²) in [6, 6.07) is 0. The van der Waals surface area contributed by atoms with Crippen LogP contribution >= 0.6 is 15.6 Å². The monoisotopic (exact) mass is 1440 g/mol. The van der Waals surface area contributed by atoms with E-state index >= 15 is 0 Å². The Morgan fingerprint density at radius 1 is 0.290 bits per heavy atom. The van der Waals surface area contributed by atoms with E-state index in [1.165, 1.54) is 51.4 Å². The van der Waals surface area contributed by atoms with Crippen LogP contribution in [0.5, 0.6) is 0 Å². The molecule has 0 aromatic carbocycles. The van der Waals surface area contributed by atoms with E-state index in [0.717, 1.165) is 161 Å². The molecule has 0 aliphatic carbocycles. The molecule has 5 unspecified atom stereocenters. The van der Waals surface area contributed by atoms with Gasteiger partial charge < -0.3 is 33.8 Å². The molecular formula is C81H136O17P2. The van der Waals surface area contributed by atoms with Crippen molar-refractivity contribution >= 4 is 39.5 Å². The summed E-state index contributed by atoms with van der Waals surface area (Å²) < 4.78 is 68.4. The molecule has 17 nitrogen and oxygen atoms in total. The van der Waals surface area contributed by atoms with Crippen LogP contribution in [0.15, 0.2) is 134 Å². The van der Waals surface area contributed by atoms with E-state index in [4.69, 9.17) is 37.0 Å². The van der Waals surface area contributed by atoms with E-state index in [0.29, 0.717) is 32.1 Å². The first-order chi connectivity index (χ1) is 48.7. The molecule has 0 heterocycles. The summed E-state index contributed by atoms with van der Waals surface area (Å²) in [4.78, 5) is 72.8. The molecule has 0 bridgehead atoms. The van der Waals surface area contributed by atoms with Crippen molar-refractivity contribution < 1.29 is 80.2 Å². The van der Waals surface area contributed by atoms with Gasteiger partial charge in [-0.3, -0.25) is 37.3 Å². The van der Waals surface area contributed by atoms with Crippen molar-refractivity contribution in [1.82, 2.24) is 0 Å². The Morgan fingerprint density at radius 3 is 0.870 bits per heavy atom. The number of esters is 4. The number of ether oxygens (including phenoxy) is 4. The van der Waals surface area contributed by atoms with Gasteiger partial charge in [-0.05, 0) is 148 Å². The first kappa shape index (κ1) is 95.2. The highest BCUT2D eigenvalue weighted by atomic mass is 31.2. The standard InChI is InChI=1S/C81H136O17P2/c1-5-9-13-17-21-25-29-33-35-36-37-38-40-43-46-50-54-58-62-66-79(84)92-72-77(98-81(86)68-64-60-56-52-48-44-39-34-30-26-22-18-14-10-6-2)74-96-100(89,90)94-70-75(82)69-93-99(87,88)95-73-76(97-80(85)67-63-59-55-51-47-42-32-28-24-20-16-12-8-4)71-91-78(83)65-61-57-53-49-45-41-31-27-23-19-15-11-7-3/h9-10,13-14,21-22,25-28,31-35,37-39,43,46,54,58,75-77,82H,5-8,11-12,15-20,23-24,29-30,36,40-42,44-45,47-53,55-57,59-74H2,1-4H3,(H,87,88)(H,89,90)/b13-9-,14-10-,25-21-,26-22-,31-27-,32-28-,35-33-,38-37-,39-34-,46-43-,58-54-. The molecule has 0 rings (SSSR count). The van der Waals surface area contributed by atoms with E-state index in [2.05, 4.69) is 143 Å². The fourth-order valence-electron chi connectivity index (χ4n) is 9.78. The first-order valence-corrected chi connectivity index (χ1v) is 41.4. The highest BCUT2D eigenvalue weighted by Crippen LogP contribution is 2.45. The quantitative estimate of drug-likeness (QED) is 0.0169. The van der Waals surface area contributed by atoms with E-state index < -0.39 is 97.5 Å². The molecule has 19 heteroatoms. The number of allylic oxidation sites excluding steroid dienone is 22. The Labute approximate surface area is 605 Å². The molecule has 572 valence electrons. The van der Waals surface area contributed by atoms with Gasteiger partial charge in [0.15, 0.2) is 12.2 Å². The van der Waals surface area contributed by atoms with Crippen molar-refractivity contribution in [3.8, 4) is 0 Å². The van der Waals surface area contributed by atoms with Gasteiger partial charge in [-0.1, -0.05) is 258 Å². The lowest BCUT2D eigenvalue weighted by Gasteiger charge is -2.21. The maximum absolute atomic E-state index is 13.1. The lowest BCUT2D eigenvalue weighted by molar-refractivity contribution is -0.161. The summed E-state index contributed by atoms with van der Waals surface area (Å²) in [5, 5.41) is 10.6. The van der Waals surface area contributed by atoms with Crippen molar-refractivity contribution in [2.45, 2.75) is 316 Å². The molecule has 100 heavy (non-hydrogen) atoms. The van der Waals surface area contributed by atoms with Gasteiger partial charge in [0.05, 0.1) is 26.4 Å². The highest BCUT2D eigenvalue weighted by Gasteiger charge is 2.30. The van der Waals surface area contributed by atoms with Gasteiger partial charge in [-0.15, -0.1) is 0 Å². The minimum atomic E-state index is -5.00. The summed E-state index contributed by atoms with van der Waals surface area (Å²) >= 11 is 0. The number of phosphoric acid groups is 2. The normalized spacial score (nSPS) is 14.7. The minimum absolute atomic E-state index is 0.0287. The Kier molecular flexibility index (Phi) is 69.1. The molecule has 5 atom stereocenters. The average Bonchev–Trinajstić information content (AvgIpc) is 0.946. The van der Waals surface area contributed by atoms with Crippen LogP contribution in [-0.4, -0.2) is 96.7 Å². The van der Waals surface area contributed by atoms with Crippen LogP contribution in [-0.2, 0) is 65.4 Å². The van der Waals surface area contributed by atoms with Crippen LogP contribution in [0.25, 0.3) is 0 Å². The molecule has 0 aromatic rings. The van der Waals surface area contributed by atoms with Gasteiger partial charge in [0.25, 0.3) is 0 Å². The molecule has 0 fully saturated rings. The number of rotatable bonds is 71. The fourth-order valence-corrected chi connectivity index (χ4v) is 11.4. The topological polar surface area (TPSA) is 237 Å². The Balaban J connectivity index is 5.44. The molecule has 0 aromatic heterocycles. The van der Waals surface area contributed by atoms with E-state index in [1.807, 2.05) is 18.2 Å². The number of hydrogen-bond acceptors (Lipinski definition) is 15. The van der Waals surface area contributed by atoms with Gasteiger partial charge in [0.2, 0.25) is 0 Å². The summed E-state index contributed by atoms with van der Waals surface area (Å²) in [7, 11) is -9.98. The zero-order valence-corrected chi connectivity index (χ0v) is 64.1. The minimum Gasteiger partial charge on any atom is -0.462 e. The molecular weight excluding hydrogens is 1310 g/mol. The highest BCUT2D eigenvalue weighted by molar-refractivity contribution is 7.47. The van der Waals surface area contributed by atoms with Crippen molar-refractivity contribution in [3.63, 3.8) is 0 Å². The maximum atomic E-state index is 13.1. The lowest BCUT2D eigenvalue weighted by atomic mass is 10.1. The molecule has 0 radical (unpaired) electrons. The van der Waals surface area contributed by atoms with Gasteiger partial charge in [-0.2, -0.15) is 0 Å². The Morgan fingerprint density at radius 2 is 0.540 bits per heavy atom. The zero-order valence-electron chi connectivity index (χ0n) is 62.3.